The number of carbonyl (C=O) groups excluding carboxylic acids is 1. The molecule has 0 bridgehead atoms. The zero-order valence-corrected chi connectivity index (χ0v) is 19.6. The third kappa shape index (κ3) is 5.35. The minimum atomic E-state index is -3.86. The van der Waals surface area contributed by atoms with E-state index in [1.54, 1.807) is 6.92 Å². The molecule has 178 valence electrons. The number of nitrogens with zero attached hydrogens (tertiary/aromatic N) is 1. The number of rotatable bonds is 6. The van der Waals surface area contributed by atoms with Gasteiger partial charge in [0.15, 0.2) is 0 Å². The van der Waals surface area contributed by atoms with E-state index in [4.69, 9.17) is 0 Å². The predicted molar refractivity (Wildman–Crippen MR) is 129 cm³/mol. The van der Waals surface area contributed by atoms with Crippen LogP contribution >= 0.6 is 0 Å². The Balaban J connectivity index is 1.51. The largest absolute Gasteiger partial charge is 0.393 e. The molecule has 0 aromatic heterocycles. The number of aryl methyl sites for hydroxylation is 1. The number of halogens is 1. The van der Waals surface area contributed by atoms with Gasteiger partial charge in [-0.2, -0.15) is 4.31 Å². The summed E-state index contributed by atoms with van der Waals surface area (Å²) in [6, 6.07) is 19.8. The van der Waals surface area contributed by atoms with Crippen molar-refractivity contribution in [3.8, 4) is 0 Å². The Hall–Kier alpha value is -3.07. The van der Waals surface area contributed by atoms with Gasteiger partial charge < -0.3 is 10.4 Å². The number of aliphatic hydroxyl groups is 1. The molecule has 0 aliphatic carbocycles. The van der Waals surface area contributed by atoms with Crippen LogP contribution in [-0.4, -0.2) is 42.9 Å². The number of carbonyl (C=O) groups is 1. The molecule has 4 rings (SSSR count). The fourth-order valence-electron chi connectivity index (χ4n) is 4.19. The van der Waals surface area contributed by atoms with Crippen molar-refractivity contribution in [2.24, 2.45) is 5.92 Å². The third-order valence-electron chi connectivity index (χ3n) is 6.15. The van der Waals surface area contributed by atoms with Crippen LogP contribution in [0.25, 0.3) is 0 Å². The minimum Gasteiger partial charge on any atom is -0.393 e. The number of hydrogen-bond donors (Lipinski definition) is 2. The first-order valence-corrected chi connectivity index (χ1v) is 12.6. The average Bonchev–Trinajstić information content (AvgIpc) is 2.83. The lowest BCUT2D eigenvalue weighted by molar-refractivity contribution is 0.0540. The van der Waals surface area contributed by atoms with Crippen molar-refractivity contribution in [2.75, 3.05) is 18.4 Å². The van der Waals surface area contributed by atoms with Gasteiger partial charge in [-0.1, -0.05) is 36.4 Å². The molecule has 0 radical (unpaired) electrons. The van der Waals surface area contributed by atoms with Crippen molar-refractivity contribution >= 4 is 21.6 Å². The van der Waals surface area contributed by atoms with Crippen molar-refractivity contribution in [1.82, 2.24) is 4.31 Å². The normalized spacial score (nSPS) is 19.0. The maximum atomic E-state index is 13.5. The second-order valence-corrected chi connectivity index (χ2v) is 10.6. The van der Waals surface area contributed by atoms with E-state index in [1.165, 1.54) is 46.8 Å². The zero-order chi connectivity index (χ0) is 24.3. The van der Waals surface area contributed by atoms with Crippen LogP contribution in [0.15, 0.2) is 77.7 Å². The Morgan fingerprint density at radius 2 is 1.85 bits per heavy atom. The number of amides is 1. The van der Waals surface area contributed by atoms with Gasteiger partial charge in [-0.25, -0.2) is 12.8 Å². The summed E-state index contributed by atoms with van der Waals surface area (Å²) in [7, 11) is -3.86. The summed E-state index contributed by atoms with van der Waals surface area (Å²) < 4.78 is 41.6. The summed E-state index contributed by atoms with van der Waals surface area (Å²) in [5, 5.41) is 13.2. The first-order chi connectivity index (χ1) is 16.2. The highest BCUT2D eigenvalue weighted by atomic mass is 32.2. The fourth-order valence-corrected chi connectivity index (χ4v) is 5.75. The lowest BCUT2D eigenvalue weighted by Gasteiger charge is -2.35. The van der Waals surface area contributed by atoms with Crippen molar-refractivity contribution in [1.29, 1.82) is 0 Å². The first kappa shape index (κ1) is 24.1. The van der Waals surface area contributed by atoms with Crippen LogP contribution < -0.4 is 5.32 Å². The molecule has 3 aromatic carbocycles. The summed E-state index contributed by atoms with van der Waals surface area (Å²) in [5.74, 6) is -1.08. The van der Waals surface area contributed by atoms with Gasteiger partial charge in [0.25, 0.3) is 5.91 Å². The van der Waals surface area contributed by atoms with Gasteiger partial charge in [0.05, 0.1) is 11.0 Å². The number of anilines is 1. The van der Waals surface area contributed by atoms with Gasteiger partial charge in [0.1, 0.15) is 5.82 Å². The van der Waals surface area contributed by atoms with Crippen molar-refractivity contribution in [3.05, 3.63) is 95.3 Å². The van der Waals surface area contributed by atoms with E-state index < -0.39 is 22.0 Å². The number of aliphatic hydroxyl groups excluding tert-OH is 1. The van der Waals surface area contributed by atoms with E-state index in [9.17, 15) is 22.7 Å². The number of hydrogen-bond acceptors (Lipinski definition) is 4. The molecule has 0 spiro atoms. The van der Waals surface area contributed by atoms with E-state index in [-0.39, 0.29) is 35.3 Å². The van der Waals surface area contributed by atoms with Gasteiger partial charge in [0, 0.05) is 30.3 Å². The summed E-state index contributed by atoms with van der Waals surface area (Å²) in [6.07, 6.45) is 0.344. The fraction of sp³-hybridized carbons (Fsp3) is 0.269. The molecule has 1 heterocycles. The van der Waals surface area contributed by atoms with Crippen LogP contribution in [0.1, 0.15) is 27.9 Å². The van der Waals surface area contributed by atoms with Crippen molar-refractivity contribution in [2.45, 2.75) is 30.8 Å². The quantitative estimate of drug-likeness (QED) is 0.556. The Morgan fingerprint density at radius 1 is 1.09 bits per heavy atom. The SMILES string of the molecule is Cc1cc(NC(=O)c2cccc(S(=O)(=O)N3CCC(O)C(Cc4ccccc4)C3)c2)ccc1F. The second kappa shape index (κ2) is 10.0. The molecule has 1 fully saturated rings. The molecule has 1 saturated heterocycles. The highest BCUT2D eigenvalue weighted by Gasteiger charge is 2.35. The standard InChI is InChI=1S/C26H27FN2O4S/c1-18-14-22(10-11-24(18)27)28-26(31)20-8-5-9-23(16-20)34(32,33)29-13-12-25(30)21(17-29)15-19-6-3-2-4-7-19/h2-11,14,16,21,25,30H,12-13,15,17H2,1H3,(H,28,31). The monoisotopic (exact) mass is 482 g/mol. The molecule has 3 aromatic rings. The molecular formula is C26H27FN2O4S. The Labute approximate surface area is 199 Å². The topological polar surface area (TPSA) is 86.7 Å². The van der Waals surface area contributed by atoms with Crippen molar-refractivity contribution < 1.29 is 22.7 Å². The van der Waals surface area contributed by atoms with E-state index in [1.807, 2.05) is 30.3 Å². The minimum absolute atomic E-state index is 0.0188. The molecular weight excluding hydrogens is 455 g/mol. The molecule has 2 unspecified atom stereocenters. The van der Waals surface area contributed by atoms with E-state index in [2.05, 4.69) is 5.32 Å². The maximum Gasteiger partial charge on any atom is 0.255 e. The summed E-state index contributed by atoms with van der Waals surface area (Å²) in [4.78, 5) is 12.7. The van der Waals surface area contributed by atoms with Crippen molar-refractivity contribution in [3.63, 3.8) is 0 Å². The molecule has 2 N–H and O–H groups in total. The lowest BCUT2D eigenvalue weighted by atomic mass is 9.90. The average molecular weight is 483 g/mol. The van der Waals surface area contributed by atoms with Gasteiger partial charge in [-0.3, -0.25) is 4.79 Å². The van der Waals surface area contributed by atoms with Crippen LogP contribution in [0, 0.1) is 18.7 Å². The smallest absolute Gasteiger partial charge is 0.255 e. The summed E-state index contributed by atoms with van der Waals surface area (Å²) >= 11 is 0. The summed E-state index contributed by atoms with van der Waals surface area (Å²) in [5.41, 5.74) is 2.04. The van der Waals surface area contributed by atoms with Gasteiger partial charge in [0.2, 0.25) is 10.0 Å². The van der Waals surface area contributed by atoms with Crippen LogP contribution in [0.3, 0.4) is 0 Å². The molecule has 2 atom stereocenters. The van der Waals surface area contributed by atoms with Gasteiger partial charge >= 0.3 is 0 Å². The Kier molecular flexibility index (Phi) is 7.11. The van der Waals surface area contributed by atoms with Crippen LogP contribution in [0.4, 0.5) is 10.1 Å². The van der Waals surface area contributed by atoms with Crippen LogP contribution in [0.2, 0.25) is 0 Å². The molecule has 34 heavy (non-hydrogen) atoms. The van der Waals surface area contributed by atoms with E-state index >= 15 is 0 Å². The molecule has 0 saturated carbocycles. The Bertz CT molecular complexity index is 1280. The molecule has 1 aliphatic heterocycles. The Morgan fingerprint density at radius 3 is 2.59 bits per heavy atom. The summed E-state index contributed by atoms with van der Waals surface area (Å²) in [6.45, 7) is 2.00. The van der Waals surface area contributed by atoms with Gasteiger partial charge in [-0.05, 0) is 67.3 Å². The lowest BCUT2D eigenvalue weighted by Crippen LogP contribution is -2.46. The predicted octanol–water partition coefficient (Wildman–Crippen LogP) is 4.00. The third-order valence-corrected chi connectivity index (χ3v) is 8.01. The molecule has 6 nitrogen and oxygen atoms in total. The number of nitrogens with one attached hydrogen (secondary N) is 1. The first-order valence-electron chi connectivity index (χ1n) is 11.1. The second-order valence-electron chi connectivity index (χ2n) is 8.61. The van der Waals surface area contributed by atoms with E-state index in [0.29, 0.717) is 24.1 Å². The number of sulfonamides is 1. The van der Waals surface area contributed by atoms with E-state index in [0.717, 1.165) is 5.56 Å². The molecule has 1 aliphatic rings. The highest BCUT2D eigenvalue weighted by molar-refractivity contribution is 7.89. The highest BCUT2D eigenvalue weighted by Crippen LogP contribution is 2.27. The molecule has 8 heteroatoms. The van der Waals surface area contributed by atoms with Crippen LogP contribution in [0.5, 0.6) is 0 Å². The maximum absolute atomic E-state index is 13.5. The van der Waals surface area contributed by atoms with Gasteiger partial charge in [-0.15, -0.1) is 0 Å². The zero-order valence-electron chi connectivity index (χ0n) is 18.8. The number of benzene rings is 3. The number of piperidine rings is 1. The van der Waals surface area contributed by atoms with Crippen LogP contribution in [-0.2, 0) is 16.4 Å². The molecule has 1 amide bonds.